The second kappa shape index (κ2) is 7.29. The average molecular weight is 392 g/mol. The van der Waals surface area contributed by atoms with Crippen LogP contribution in [0.4, 0.5) is 4.39 Å². The highest BCUT2D eigenvalue weighted by Gasteiger charge is 2.49. The molecule has 0 heterocycles. The van der Waals surface area contributed by atoms with Crippen molar-refractivity contribution in [2.75, 3.05) is 0 Å². The first-order valence-corrected chi connectivity index (χ1v) is 10.5. The molecule has 2 aromatic carbocycles. The molecule has 5 heteroatoms. The summed E-state index contributed by atoms with van der Waals surface area (Å²) in [6.45, 7) is 0.550. The number of halogens is 1. The SMILES string of the molecule is O=C(NC1CC1)c1ccc(CN(C(=O)C2CC2c2ccccc2F)C2CC2)cc1. The van der Waals surface area contributed by atoms with E-state index in [0.717, 1.165) is 37.7 Å². The lowest BCUT2D eigenvalue weighted by Gasteiger charge is -2.23. The molecule has 0 aromatic heterocycles. The quantitative estimate of drug-likeness (QED) is 0.774. The molecule has 3 aliphatic carbocycles. The summed E-state index contributed by atoms with van der Waals surface area (Å²) in [5.74, 6) is -0.225. The van der Waals surface area contributed by atoms with E-state index < -0.39 is 0 Å². The Morgan fingerprint density at radius 2 is 1.72 bits per heavy atom. The lowest BCUT2D eigenvalue weighted by molar-refractivity contribution is -0.133. The molecule has 3 aliphatic rings. The first kappa shape index (κ1) is 18.3. The molecule has 2 aromatic rings. The van der Waals surface area contributed by atoms with Gasteiger partial charge in [-0.2, -0.15) is 0 Å². The van der Waals surface area contributed by atoms with Gasteiger partial charge in [0.25, 0.3) is 5.91 Å². The summed E-state index contributed by atoms with van der Waals surface area (Å²) in [6, 6.07) is 14.9. The number of carbonyl (C=O) groups excluding carboxylic acids is 2. The second-order valence-electron chi connectivity index (χ2n) is 8.61. The molecule has 0 bridgehead atoms. The number of hydrogen-bond acceptors (Lipinski definition) is 2. The first-order chi connectivity index (χ1) is 14.1. The van der Waals surface area contributed by atoms with E-state index in [9.17, 15) is 14.0 Å². The molecule has 2 amide bonds. The molecule has 0 spiro atoms. The third-order valence-electron chi connectivity index (χ3n) is 6.16. The number of amides is 2. The van der Waals surface area contributed by atoms with Gasteiger partial charge in [-0.05, 0) is 67.3 Å². The van der Waals surface area contributed by atoms with Crippen LogP contribution in [0.15, 0.2) is 48.5 Å². The number of nitrogens with one attached hydrogen (secondary N) is 1. The van der Waals surface area contributed by atoms with E-state index in [4.69, 9.17) is 0 Å². The molecule has 5 rings (SSSR count). The van der Waals surface area contributed by atoms with E-state index >= 15 is 0 Å². The number of nitrogens with zero attached hydrogens (tertiary/aromatic N) is 1. The van der Waals surface area contributed by atoms with Gasteiger partial charge in [-0.15, -0.1) is 0 Å². The first-order valence-electron chi connectivity index (χ1n) is 10.5. The van der Waals surface area contributed by atoms with Gasteiger partial charge < -0.3 is 10.2 Å². The van der Waals surface area contributed by atoms with Crippen molar-refractivity contribution in [3.05, 3.63) is 71.0 Å². The van der Waals surface area contributed by atoms with E-state index in [1.807, 2.05) is 35.2 Å². The minimum atomic E-state index is -0.217. The van der Waals surface area contributed by atoms with Crippen LogP contribution in [0.1, 0.15) is 59.5 Å². The van der Waals surface area contributed by atoms with E-state index in [2.05, 4.69) is 5.32 Å². The van der Waals surface area contributed by atoms with Crippen molar-refractivity contribution in [1.29, 1.82) is 0 Å². The topological polar surface area (TPSA) is 49.4 Å². The number of carbonyl (C=O) groups is 2. The van der Waals surface area contributed by atoms with Crippen molar-refractivity contribution in [2.24, 2.45) is 5.92 Å². The Bertz CT molecular complexity index is 934. The van der Waals surface area contributed by atoms with Crippen molar-refractivity contribution in [2.45, 2.75) is 56.7 Å². The highest BCUT2D eigenvalue weighted by Crippen LogP contribution is 2.50. The summed E-state index contributed by atoms with van der Waals surface area (Å²) in [5, 5.41) is 2.99. The summed E-state index contributed by atoms with van der Waals surface area (Å²) >= 11 is 0. The zero-order chi connectivity index (χ0) is 20.0. The largest absolute Gasteiger partial charge is 0.349 e. The van der Waals surface area contributed by atoms with Crippen molar-refractivity contribution in [1.82, 2.24) is 10.2 Å². The Kier molecular flexibility index (Phi) is 4.61. The predicted molar refractivity (Wildman–Crippen MR) is 108 cm³/mol. The Morgan fingerprint density at radius 3 is 2.38 bits per heavy atom. The lowest BCUT2D eigenvalue weighted by atomic mass is 10.1. The normalized spacial score (nSPS) is 22.8. The fraction of sp³-hybridized carbons (Fsp3) is 0.417. The van der Waals surface area contributed by atoms with Crippen LogP contribution in [-0.2, 0) is 11.3 Å². The Hall–Kier alpha value is -2.69. The molecule has 0 radical (unpaired) electrons. The van der Waals surface area contributed by atoms with Gasteiger partial charge in [0.05, 0.1) is 0 Å². The molecular formula is C24H25FN2O2. The Morgan fingerprint density at radius 1 is 1.00 bits per heavy atom. The van der Waals surface area contributed by atoms with Gasteiger partial charge in [-0.25, -0.2) is 4.39 Å². The van der Waals surface area contributed by atoms with Crippen LogP contribution in [-0.4, -0.2) is 28.8 Å². The smallest absolute Gasteiger partial charge is 0.251 e. The van der Waals surface area contributed by atoms with Crippen LogP contribution in [0.5, 0.6) is 0 Å². The van der Waals surface area contributed by atoms with Crippen LogP contribution in [0.25, 0.3) is 0 Å². The van der Waals surface area contributed by atoms with Gasteiger partial charge in [0, 0.05) is 30.1 Å². The van der Waals surface area contributed by atoms with Gasteiger partial charge in [0.15, 0.2) is 0 Å². The summed E-state index contributed by atoms with van der Waals surface area (Å²) in [5.41, 5.74) is 2.34. The lowest BCUT2D eigenvalue weighted by Crippen LogP contribution is -2.34. The van der Waals surface area contributed by atoms with E-state index in [0.29, 0.717) is 29.8 Å². The minimum absolute atomic E-state index is 0.00144. The van der Waals surface area contributed by atoms with Gasteiger partial charge in [-0.1, -0.05) is 30.3 Å². The van der Waals surface area contributed by atoms with Crippen LogP contribution < -0.4 is 5.32 Å². The molecule has 1 N–H and O–H groups in total. The maximum absolute atomic E-state index is 14.1. The maximum atomic E-state index is 14.1. The van der Waals surface area contributed by atoms with E-state index in [1.165, 1.54) is 6.07 Å². The van der Waals surface area contributed by atoms with Crippen molar-refractivity contribution in [3.63, 3.8) is 0 Å². The van der Waals surface area contributed by atoms with Crippen LogP contribution in [0, 0.1) is 11.7 Å². The molecule has 4 nitrogen and oxygen atoms in total. The van der Waals surface area contributed by atoms with Crippen molar-refractivity contribution in [3.8, 4) is 0 Å². The molecule has 2 atom stereocenters. The maximum Gasteiger partial charge on any atom is 0.251 e. The Balaban J connectivity index is 1.24. The van der Waals surface area contributed by atoms with Gasteiger partial charge in [-0.3, -0.25) is 9.59 Å². The molecule has 3 fully saturated rings. The third kappa shape index (κ3) is 4.04. The van der Waals surface area contributed by atoms with E-state index in [1.54, 1.807) is 12.1 Å². The predicted octanol–water partition coefficient (Wildman–Crippen LogP) is 4.01. The summed E-state index contributed by atoms with van der Waals surface area (Å²) in [4.78, 5) is 27.2. The van der Waals surface area contributed by atoms with Crippen LogP contribution >= 0.6 is 0 Å². The fourth-order valence-electron chi connectivity index (χ4n) is 4.03. The second-order valence-corrected chi connectivity index (χ2v) is 8.61. The van der Waals surface area contributed by atoms with Crippen LogP contribution in [0.2, 0.25) is 0 Å². The highest BCUT2D eigenvalue weighted by atomic mass is 19.1. The molecular weight excluding hydrogens is 367 g/mol. The molecule has 0 aliphatic heterocycles. The number of hydrogen-bond donors (Lipinski definition) is 1. The monoisotopic (exact) mass is 392 g/mol. The van der Waals surface area contributed by atoms with Crippen LogP contribution in [0.3, 0.4) is 0 Å². The molecule has 3 saturated carbocycles. The number of rotatable bonds is 7. The highest BCUT2D eigenvalue weighted by molar-refractivity contribution is 5.94. The number of benzene rings is 2. The van der Waals surface area contributed by atoms with Gasteiger partial charge in [0.2, 0.25) is 5.91 Å². The molecule has 0 saturated heterocycles. The van der Waals surface area contributed by atoms with Crippen molar-refractivity contribution >= 4 is 11.8 Å². The summed E-state index contributed by atoms with van der Waals surface area (Å²) in [6.07, 6.45) is 4.92. The molecule has 2 unspecified atom stereocenters. The zero-order valence-corrected chi connectivity index (χ0v) is 16.3. The minimum Gasteiger partial charge on any atom is -0.349 e. The Labute approximate surface area is 170 Å². The van der Waals surface area contributed by atoms with Gasteiger partial charge in [0.1, 0.15) is 5.82 Å². The summed E-state index contributed by atoms with van der Waals surface area (Å²) in [7, 11) is 0. The average Bonchev–Trinajstić information content (AvgIpc) is 3.58. The third-order valence-corrected chi connectivity index (χ3v) is 6.16. The standard InChI is InChI=1S/C24H25FN2O2/c25-22-4-2-1-3-19(22)20-13-21(20)24(29)27(18-11-12-18)14-15-5-7-16(8-6-15)23(28)26-17-9-10-17/h1-8,17-18,20-21H,9-14H2,(H,26,28). The molecule has 150 valence electrons. The summed E-state index contributed by atoms with van der Waals surface area (Å²) < 4.78 is 14.1. The zero-order valence-electron chi connectivity index (χ0n) is 16.3. The molecule has 29 heavy (non-hydrogen) atoms. The van der Waals surface area contributed by atoms with E-state index in [-0.39, 0.29) is 29.5 Å². The van der Waals surface area contributed by atoms with Crippen molar-refractivity contribution < 1.29 is 14.0 Å². The fourth-order valence-corrected chi connectivity index (χ4v) is 4.03. The van der Waals surface area contributed by atoms with Gasteiger partial charge >= 0.3 is 0 Å².